The molecule has 15 heteroatoms. The van der Waals surface area contributed by atoms with Gasteiger partial charge in [0.2, 0.25) is 11.8 Å². The molecule has 0 heterocycles. The maximum absolute atomic E-state index is 12.5. The van der Waals surface area contributed by atoms with Crippen molar-refractivity contribution in [2.24, 2.45) is 31.9 Å². The molecule has 0 aromatic rings. The molecule has 0 atom stereocenters. The average Bonchev–Trinajstić information content (AvgIpc) is 2.89. The standard InChI is InChI=1S/C30H57N9O6/c1-27(2,20-44-22-29(5,6)18-35-37-31)15-24(40)33-11-9-13-39(17-26(42)43)14-10-12-34-25(41)16-28(3,4)21-45-23-30(7,8)19-36-38-32/h9-23H2,1-8H3,(H,33,40)(H,34,41)(H,42,43). The van der Waals surface area contributed by atoms with Crippen LogP contribution in [0.15, 0.2) is 10.2 Å². The van der Waals surface area contributed by atoms with E-state index in [-0.39, 0.29) is 52.9 Å². The number of carbonyl (C=O) groups is 3. The Kier molecular flexibility index (Phi) is 19.4. The van der Waals surface area contributed by atoms with Crippen LogP contribution in [0.1, 0.15) is 81.1 Å². The zero-order chi connectivity index (χ0) is 34.6. The number of hydrogen-bond acceptors (Lipinski definition) is 8. The van der Waals surface area contributed by atoms with E-state index in [4.69, 9.17) is 20.5 Å². The molecule has 0 aromatic carbocycles. The van der Waals surface area contributed by atoms with Gasteiger partial charge in [0.25, 0.3) is 0 Å². The van der Waals surface area contributed by atoms with Crippen LogP contribution < -0.4 is 10.6 Å². The second-order valence-corrected chi connectivity index (χ2v) is 14.9. The van der Waals surface area contributed by atoms with Crippen molar-refractivity contribution in [3.63, 3.8) is 0 Å². The molecule has 45 heavy (non-hydrogen) atoms. The third-order valence-corrected chi connectivity index (χ3v) is 6.68. The van der Waals surface area contributed by atoms with Crippen molar-refractivity contribution in [3.8, 4) is 0 Å². The highest BCUT2D eigenvalue weighted by molar-refractivity contribution is 5.77. The lowest BCUT2D eigenvalue weighted by Gasteiger charge is -2.28. The number of azide groups is 2. The lowest BCUT2D eigenvalue weighted by Crippen LogP contribution is -2.37. The molecule has 0 saturated heterocycles. The van der Waals surface area contributed by atoms with Crippen LogP contribution in [0, 0.1) is 21.7 Å². The van der Waals surface area contributed by atoms with E-state index in [1.165, 1.54) is 0 Å². The van der Waals surface area contributed by atoms with Crippen LogP contribution >= 0.6 is 0 Å². The van der Waals surface area contributed by atoms with Crippen LogP contribution in [-0.4, -0.2) is 100 Å². The topological polar surface area (TPSA) is 215 Å². The molecule has 2 amide bonds. The first-order chi connectivity index (χ1) is 20.8. The fourth-order valence-corrected chi connectivity index (χ4v) is 4.36. The van der Waals surface area contributed by atoms with Gasteiger partial charge in [-0.3, -0.25) is 19.3 Å². The van der Waals surface area contributed by atoms with Crippen LogP contribution in [0.3, 0.4) is 0 Å². The highest BCUT2D eigenvalue weighted by atomic mass is 16.5. The Morgan fingerprint density at radius 3 is 1.38 bits per heavy atom. The Labute approximate surface area is 268 Å². The molecule has 0 saturated carbocycles. The van der Waals surface area contributed by atoms with Crippen molar-refractivity contribution in [3.05, 3.63) is 20.9 Å². The Morgan fingerprint density at radius 1 is 0.689 bits per heavy atom. The molecule has 0 aliphatic heterocycles. The first kappa shape index (κ1) is 41.9. The summed E-state index contributed by atoms with van der Waals surface area (Å²) in [5.41, 5.74) is 15.7. The van der Waals surface area contributed by atoms with Crippen molar-refractivity contribution in [1.82, 2.24) is 15.5 Å². The number of amides is 2. The number of carbonyl (C=O) groups excluding carboxylic acids is 2. The number of hydrogen-bond donors (Lipinski definition) is 3. The third-order valence-electron chi connectivity index (χ3n) is 6.68. The first-order valence-corrected chi connectivity index (χ1v) is 15.5. The van der Waals surface area contributed by atoms with Gasteiger partial charge in [0.1, 0.15) is 0 Å². The zero-order valence-corrected chi connectivity index (χ0v) is 28.7. The second kappa shape index (κ2) is 20.8. The van der Waals surface area contributed by atoms with Gasteiger partial charge in [-0.15, -0.1) is 0 Å². The molecule has 0 aliphatic rings. The third kappa shape index (κ3) is 23.9. The molecule has 3 N–H and O–H groups in total. The smallest absolute Gasteiger partial charge is 0.317 e. The summed E-state index contributed by atoms with van der Waals surface area (Å²) < 4.78 is 11.6. The maximum Gasteiger partial charge on any atom is 0.317 e. The molecule has 0 radical (unpaired) electrons. The lowest BCUT2D eigenvalue weighted by molar-refractivity contribution is -0.138. The largest absolute Gasteiger partial charge is 0.480 e. The number of nitrogens with one attached hydrogen (secondary N) is 2. The molecule has 258 valence electrons. The number of aliphatic carboxylic acids is 1. The Bertz CT molecular complexity index is 947. The van der Waals surface area contributed by atoms with Crippen LogP contribution in [0.2, 0.25) is 0 Å². The quantitative estimate of drug-likeness (QED) is 0.0513. The first-order valence-electron chi connectivity index (χ1n) is 15.5. The van der Waals surface area contributed by atoms with E-state index in [0.717, 1.165) is 0 Å². The molecule has 0 fully saturated rings. The fraction of sp³-hybridized carbons (Fsp3) is 0.900. The summed E-state index contributed by atoms with van der Waals surface area (Å²) in [6, 6.07) is 0. The fourth-order valence-electron chi connectivity index (χ4n) is 4.36. The van der Waals surface area contributed by atoms with Crippen molar-refractivity contribution in [2.45, 2.75) is 81.1 Å². The summed E-state index contributed by atoms with van der Waals surface area (Å²) in [5.74, 6) is -1.14. The Balaban J connectivity index is 4.41. The van der Waals surface area contributed by atoms with Gasteiger partial charge in [0.05, 0.1) is 33.0 Å². The number of carboxylic acids is 1. The molecule has 0 aromatic heterocycles. The molecular weight excluding hydrogens is 582 g/mol. The Morgan fingerprint density at radius 2 is 1.04 bits per heavy atom. The zero-order valence-electron chi connectivity index (χ0n) is 28.7. The molecule has 0 bridgehead atoms. The van der Waals surface area contributed by atoms with Gasteiger partial charge in [-0.05, 0) is 45.6 Å². The summed E-state index contributed by atoms with van der Waals surface area (Å²) >= 11 is 0. The van der Waals surface area contributed by atoms with Gasteiger partial charge < -0.3 is 25.2 Å². The minimum absolute atomic E-state index is 0.102. The summed E-state index contributed by atoms with van der Waals surface area (Å²) in [7, 11) is 0. The van der Waals surface area contributed by atoms with E-state index >= 15 is 0 Å². The summed E-state index contributed by atoms with van der Waals surface area (Å²) in [6.45, 7) is 19.5. The number of nitrogens with zero attached hydrogens (tertiary/aromatic N) is 7. The van der Waals surface area contributed by atoms with Gasteiger partial charge in [0.15, 0.2) is 0 Å². The van der Waals surface area contributed by atoms with Crippen LogP contribution in [0.25, 0.3) is 20.9 Å². The van der Waals surface area contributed by atoms with Crippen molar-refractivity contribution in [2.75, 3.05) is 72.2 Å². The molecule has 0 rings (SSSR count). The van der Waals surface area contributed by atoms with Gasteiger partial charge >= 0.3 is 5.97 Å². The van der Waals surface area contributed by atoms with Crippen molar-refractivity contribution in [1.29, 1.82) is 0 Å². The van der Waals surface area contributed by atoms with Gasteiger partial charge in [0, 0.05) is 61.9 Å². The van der Waals surface area contributed by atoms with E-state index in [9.17, 15) is 19.5 Å². The van der Waals surface area contributed by atoms with Crippen LogP contribution in [-0.2, 0) is 23.9 Å². The molecule has 15 nitrogen and oxygen atoms in total. The lowest BCUT2D eigenvalue weighted by atomic mass is 9.89. The summed E-state index contributed by atoms with van der Waals surface area (Å²) in [5, 5.41) is 22.3. The predicted molar refractivity (Wildman–Crippen MR) is 173 cm³/mol. The normalized spacial score (nSPS) is 12.3. The van der Waals surface area contributed by atoms with E-state index in [1.54, 1.807) is 4.90 Å². The SMILES string of the molecule is CC(C)(CN=[N+]=[N-])COCC(C)(C)CC(=O)NCCCN(CCCNC(=O)CC(C)(C)COCC(C)(C)CN=[N+]=[N-])CC(=O)O. The number of rotatable bonds is 26. The summed E-state index contributed by atoms with van der Waals surface area (Å²) in [4.78, 5) is 43.7. The number of ether oxygens (including phenoxy) is 2. The summed E-state index contributed by atoms with van der Waals surface area (Å²) in [6.07, 6.45) is 1.73. The van der Waals surface area contributed by atoms with Crippen LogP contribution in [0.4, 0.5) is 0 Å². The molecule has 0 unspecified atom stereocenters. The van der Waals surface area contributed by atoms with E-state index < -0.39 is 5.97 Å². The highest BCUT2D eigenvalue weighted by Gasteiger charge is 2.26. The second-order valence-electron chi connectivity index (χ2n) is 14.9. The highest BCUT2D eigenvalue weighted by Crippen LogP contribution is 2.24. The minimum atomic E-state index is -0.934. The Hall–Kier alpha value is -3.09. The average molecular weight is 640 g/mol. The molecule has 0 aliphatic carbocycles. The van der Waals surface area contributed by atoms with E-state index in [2.05, 4.69) is 30.7 Å². The van der Waals surface area contributed by atoms with Gasteiger partial charge in [-0.25, -0.2) is 0 Å². The minimum Gasteiger partial charge on any atom is -0.480 e. The predicted octanol–water partition coefficient (Wildman–Crippen LogP) is 4.92. The van der Waals surface area contributed by atoms with E-state index in [0.29, 0.717) is 78.5 Å². The monoisotopic (exact) mass is 639 g/mol. The van der Waals surface area contributed by atoms with Crippen molar-refractivity contribution < 1.29 is 29.0 Å². The maximum atomic E-state index is 12.5. The van der Waals surface area contributed by atoms with Crippen LogP contribution in [0.5, 0.6) is 0 Å². The van der Waals surface area contributed by atoms with E-state index in [1.807, 2.05) is 55.4 Å². The molecule has 0 spiro atoms. The molecular formula is C30H57N9O6. The van der Waals surface area contributed by atoms with Gasteiger partial charge in [-0.1, -0.05) is 65.6 Å². The number of carboxylic acid groups (broad SMARTS) is 1. The van der Waals surface area contributed by atoms with Gasteiger partial charge in [-0.2, -0.15) is 0 Å². The van der Waals surface area contributed by atoms with Crippen molar-refractivity contribution >= 4 is 17.8 Å².